The molecule has 0 amide bonds. The molecular formula is C14H20ClN3O. The van der Waals surface area contributed by atoms with Crippen LogP contribution in [0.1, 0.15) is 37.9 Å². The second-order valence-electron chi connectivity index (χ2n) is 4.57. The largest absolute Gasteiger partial charge is 0.380 e. The van der Waals surface area contributed by atoms with Crippen molar-refractivity contribution in [2.75, 3.05) is 13.2 Å². The standard InChI is InChI=1S/C14H20ClN3O/c1-3-4-8-19-9-7-18-13-5-6-16-10-12(13)17-14(18)11(2)15/h5-6,10-11H,3-4,7-9H2,1-2H3. The number of pyridine rings is 1. The Morgan fingerprint density at radius 2 is 2.26 bits per heavy atom. The van der Waals surface area contributed by atoms with Gasteiger partial charge in [-0.1, -0.05) is 13.3 Å². The summed E-state index contributed by atoms with van der Waals surface area (Å²) in [6.45, 7) is 6.37. The van der Waals surface area contributed by atoms with E-state index in [1.807, 2.05) is 13.0 Å². The van der Waals surface area contributed by atoms with Gasteiger partial charge < -0.3 is 9.30 Å². The monoisotopic (exact) mass is 281 g/mol. The number of fused-ring (bicyclic) bond motifs is 1. The molecule has 0 saturated carbocycles. The maximum Gasteiger partial charge on any atom is 0.127 e. The van der Waals surface area contributed by atoms with Crippen LogP contribution < -0.4 is 0 Å². The molecule has 1 unspecified atom stereocenters. The van der Waals surface area contributed by atoms with Crippen LogP contribution in [0, 0.1) is 0 Å². The van der Waals surface area contributed by atoms with Gasteiger partial charge in [-0.3, -0.25) is 4.98 Å². The van der Waals surface area contributed by atoms with Gasteiger partial charge in [-0.05, 0) is 19.4 Å². The molecule has 0 bridgehead atoms. The van der Waals surface area contributed by atoms with Gasteiger partial charge in [-0.25, -0.2) is 4.98 Å². The van der Waals surface area contributed by atoms with Crippen molar-refractivity contribution in [3.63, 3.8) is 0 Å². The summed E-state index contributed by atoms with van der Waals surface area (Å²) < 4.78 is 7.75. The first-order valence-corrected chi connectivity index (χ1v) is 7.19. The Hall–Kier alpha value is -1.13. The average molecular weight is 282 g/mol. The third kappa shape index (κ3) is 3.45. The minimum Gasteiger partial charge on any atom is -0.380 e. The second kappa shape index (κ2) is 6.87. The number of hydrogen-bond donors (Lipinski definition) is 0. The molecule has 2 aromatic heterocycles. The van der Waals surface area contributed by atoms with E-state index >= 15 is 0 Å². The molecule has 4 nitrogen and oxygen atoms in total. The van der Waals surface area contributed by atoms with Gasteiger partial charge in [0, 0.05) is 19.3 Å². The highest BCUT2D eigenvalue weighted by molar-refractivity contribution is 6.20. The van der Waals surface area contributed by atoms with Crippen molar-refractivity contribution < 1.29 is 4.74 Å². The number of rotatable bonds is 7. The zero-order chi connectivity index (χ0) is 13.7. The number of hydrogen-bond acceptors (Lipinski definition) is 3. The molecule has 104 valence electrons. The molecule has 0 aliphatic carbocycles. The predicted octanol–water partition coefficient (Wildman–Crippen LogP) is 3.55. The highest BCUT2D eigenvalue weighted by Crippen LogP contribution is 2.23. The smallest absolute Gasteiger partial charge is 0.127 e. The molecule has 2 aromatic rings. The van der Waals surface area contributed by atoms with Crippen molar-refractivity contribution in [1.29, 1.82) is 0 Å². The van der Waals surface area contributed by atoms with E-state index < -0.39 is 0 Å². The molecule has 0 saturated heterocycles. The predicted molar refractivity (Wildman–Crippen MR) is 77.5 cm³/mol. The van der Waals surface area contributed by atoms with E-state index in [2.05, 4.69) is 21.5 Å². The van der Waals surface area contributed by atoms with Crippen LogP contribution in [0.15, 0.2) is 18.5 Å². The molecule has 0 aliphatic heterocycles. The third-order valence-electron chi connectivity index (χ3n) is 3.04. The topological polar surface area (TPSA) is 39.9 Å². The normalized spacial score (nSPS) is 13.0. The third-order valence-corrected chi connectivity index (χ3v) is 3.23. The van der Waals surface area contributed by atoms with Crippen molar-refractivity contribution in [3.05, 3.63) is 24.3 Å². The Morgan fingerprint density at radius 1 is 1.42 bits per heavy atom. The minimum atomic E-state index is -0.122. The van der Waals surface area contributed by atoms with Gasteiger partial charge in [0.25, 0.3) is 0 Å². The van der Waals surface area contributed by atoms with Crippen molar-refractivity contribution >= 4 is 22.6 Å². The van der Waals surface area contributed by atoms with Gasteiger partial charge in [0.1, 0.15) is 11.3 Å². The SMILES string of the molecule is CCCCOCCn1c(C(C)Cl)nc2cnccc21. The summed E-state index contributed by atoms with van der Waals surface area (Å²) in [4.78, 5) is 8.64. The molecule has 0 radical (unpaired) electrons. The van der Waals surface area contributed by atoms with Crippen LogP contribution in [0.3, 0.4) is 0 Å². The number of halogens is 1. The van der Waals surface area contributed by atoms with Gasteiger partial charge in [0.05, 0.1) is 23.7 Å². The molecule has 0 aliphatic rings. The summed E-state index contributed by atoms with van der Waals surface area (Å²) >= 11 is 6.20. The van der Waals surface area contributed by atoms with Crippen LogP contribution >= 0.6 is 11.6 Å². The molecule has 0 fully saturated rings. The first-order valence-electron chi connectivity index (χ1n) is 6.76. The summed E-state index contributed by atoms with van der Waals surface area (Å²) in [7, 11) is 0. The molecule has 0 N–H and O–H groups in total. The zero-order valence-corrected chi connectivity index (χ0v) is 12.2. The fourth-order valence-corrected chi connectivity index (χ4v) is 2.21. The first-order chi connectivity index (χ1) is 9.24. The van der Waals surface area contributed by atoms with Gasteiger partial charge in [0.2, 0.25) is 0 Å². The summed E-state index contributed by atoms with van der Waals surface area (Å²) in [5.41, 5.74) is 1.95. The van der Waals surface area contributed by atoms with Crippen molar-refractivity contribution in [2.24, 2.45) is 0 Å². The van der Waals surface area contributed by atoms with Crippen LogP contribution in [0.2, 0.25) is 0 Å². The minimum absolute atomic E-state index is 0.122. The van der Waals surface area contributed by atoms with Gasteiger partial charge in [-0.2, -0.15) is 0 Å². The fraction of sp³-hybridized carbons (Fsp3) is 0.571. The van der Waals surface area contributed by atoms with Crippen LogP contribution in [-0.2, 0) is 11.3 Å². The molecular weight excluding hydrogens is 262 g/mol. The molecule has 0 aromatic carbocycles. The molecule has 2 heterocycles. The fourth-order valence-electron chi connectivity index (χ4n) is 2.04. The lowest BCUT2D eigenvalue weighted by atomic mass is 10.4. The van der Waals surface area contributed by atoms with Gasteiger partial charge in [0.15, 0.2) is 0 Å². The molecule has 5 heteroatoms. The molecule has 2 rings (SSSR count). The summed E-state index contributed by atoms with van der Waals surface area (Å²) in [5, 5.41) is -0.122. The highest BCUT2D eigenvalue weighted by atomic mass is 35.5. The van der Waals surface area contributed by atoms with Gasteiger partial charge in [-0.15, -0.1) is 11.6 Å². The number of ether oxygens (including phenoxy) is 1. The van der Waals surface area contributed by atoms with Gasteiger partial charge >= 0.3 is 0 Å². The van der Waals surface area contributed by atoms with Crippen molar-refractivity contribution in [2.45, 2.75) is 38.6 Å². The molecule has 1 atom stereocenters. The van der Waals surface area contributed by atoms with E-state index in [1.54, 1.807) is 12.4 Å². The quantitative estimate of drug-likeness (QED) is 0.576. The Morgan fingerprint density at radius 3 is 3.00 bits per heavy atom. The highest BCUT2D eigenvalue weighted by Gasteiger charge is 2.14. The number of nitrogens with zero attached hydrogens (tertiary/aromatic N) is 3. The summed E-state index contributed by atoms with van der Waals surface area (Å²) in [6.07, 6.45) is 5.81. The maximum absolute atomic E-state index is 6.20. The van der Waals surface area contributed by atoms with Crippen LogP contribution in [-0.4, -0.2) is 27.7 Å². The molecule has 0 spiro atoms. The van der Waals surface area contributed by atoms with Crippen molar-refractivity contribution in [3.8, 4) is 0 Å². The summed E-state index contributed by atoms with van der Waals surface area (Å²) in [6, 6.07) is 1.97. The summed E-state index contributed by atoms with van der Waals surface area (Å²) in [5.74, 6) is 0.878. The Balaban J connectivity index is 2.13. The van der Waals surface area contributed by atoms with E-state index in [0.717, 1.165) is 42.9 Å². The Bertz CT molecular complexity index is 524. The lowest BCUT2D eigenvalue weighted by Crippen LogP contribution is -2.10. The zero-order valence-electron chi connectivity index (χ0n) is 11.5. The van der Waals surface area contributed by atoms with E-state index in [1.165, 1.54) is 0 Å². The first kappa shape index (κ1) is 14.3. The molecule has 19 heavy (non-hydrogen) atoms. The number of unbranched alkanes of at least 4 members (excludes halogenated alkanes) is 1. The number of imidazole rings is 1. The van der Waals surface area contributed by atoms with E-state index in [-0.39, 0.29) is 5.38 Å². The van der Waals surface area contributed by atoms with Crippen LogP contribution in [0.4, 0.5) is 0 Å². The van der Waals surface area contributed by atoms with Crippen LogP contribution in [0.5, 0.6) is 0 Å². The van der Waals surface area contributed by atoms with E-state index in [9.17, 15) is 0 Å². The van der Waals surface area contributed by atoms with E-state index in [4.69, 9.17) is 16.3 Å². The van der Waals surface area contributed by atoms with Crippen LogP contribution in [0.25, 0.3) is 11.0 Å². The number of alkyl halides is 1. The number of aromatic nitrogens is 3. The average Bonchev–Trinajstić information content (AvgIpc) is 2.78. The lowest BCUT2D eigenvalue weighted by Gasteiger charge is -2.10. The van der Waals surface area contributed by atoms with Crippen molar-refractivity contribution in [1.82, 2.24) is 14.5 Å². The van der Waals surface area contributed by atoms with E-state index in [0.29, 0.717) is 6.61 Å². The Kier molecular flexibility index (Phi) is 5.16. The Labute approximate surface area is 118 Å². The second-order valence-corrected chi connectivity index (χ2v) is 5.22. The maximum atomic E-state index is 6.20. The lowest BCUT2D eigenvalue weighted by molar-refractivity contribution is 0.123.